The lowest BCUT2D eigenvalue weighted by Crippen LogP contribution is -2.02. The molecule has 0 unspecified atom stereocenters. The Kier molecular flexibility index (Phi) is 2.09. The highest BCUT2D eigenvalue weighted by molar-refractivity contribution is 6.32. The van der Waals surface area contributed by atoms with E-state index >= 15 is 0 Å². The zero-order valence-electron chi connectivity index (χ0n) is 7.44. The summed E-state index contributed by atoms with van der Waals surface area (Å²) in [4.78, 5) is 8.20. The summed E-state index contributed by atoms with van der Waals surface area (Å²) >= 11 is 0. The van der Waals surface area contributed by atoms with Gasteiger partial charge in [0.2, 0.25) is 0 Å². The number of rotatable bonds is 1. The molecule has 0 aromatic carbocycles. The van der Waals surface area contributed by atoms with Crippen molar-refractivity contribution in [1.82, 2.24) is 9.97 Å². The zero-order valence-corrected chi connectivity index (χ0v) is 7.44. The van der Waals surface area contributed by atoms with Gasteiger partial charge in [0.05, 0.1) is 0 Å². The van der Waals surface area contributed by atoms with Crippen LogP contribution in [0.2, 0.25) is 0 Å². The highest BCUT2D eigenvalue weighted by atomic mass is 14.6. The third kappa shape index (κ3) is 1.75. The summed E-state index contributed by atoms with van der Waals surface area (Å²) in [5.74, 6) is 0. The largest absolute Gasteiger partial charge is 0.265 e. The zero-order chi connectivity index (χ0) is 9.10. The van der Waals surface area contributed by atoms with E-state index in [-0.39, 0.29) is 0 Å². The van der Waals surface area contributed by atoms with Gasteiger partial charge in [-0.3, -0.25) is 9.97 Å². The van der Waals surface area contributed by atoms with Gasteiger partial charge in [0.1, 0.15) is 7.85 Å². The van der Waals surface area contributed by atoms with Crippen LogP contribution in [0.25, 0.3) is 11.1 Å². The average molecular weight is 168 g/mol. The van der Waals surface area contributed by atoms with E-state index in [9.17, 15) is 0 Å². The maximum absolute atomic E-state index is 4.13. The van der Waals surface area contributed by atoms with E-state index in [0.29, 0.717) is 0 Å². The molecule has 0 aliphatic carbocycles. The van der Waals surface area contributed by atoms with Crippen LogP contribution in [0.15, 0.2) is 43.0 Å². The highest BCUT2D eigenvalue weighted by Crippen LogP contribution is 2.14. The summed E-state index contributed by atoms with van der Waals surface area (Å²) in [5, 5.41) is 0. The summed E-state index contributed by atoms with van der Waals surface area (Å²) < 4.78 is 0. The van der Waals surface area contributed by atoms with Crippen LogP contribution >= 0.6 is 0 Å². The molecule has 0 bridgehead atoms. The monoisotopic (exact) mass is 168 g/mol. The Hall–Kier alpha value is -1.64. The molecule has 2 heterocycles. The Morgan fingerprint density at radius 3 is 2.54 bits per heavy atom. The van der Waals surface area contributed by atoms with Crippen LogP contribution in [0, 0.1) is 0 Å². The molecule has 0 fully saturated rings. The van der Waals surface area contributed by atoms with Crippen LogP contribution < -0.4 is 5.46 Å². The quantitative estimate of drug-likeness (QED) is 0.576. The minimum Gasteiger partial charge on any atom is -0.265 e. The van der Waals surface area contributed by atoms with Crippen LogP contribution in [0.5, 0.6) is 0 Å². The number of nitrogens with zero attached hydrogens (tertiary/aromatic N) is 2. The molecule has 0 radical (unpaired) electrons. The number of hydrogen-bond donors (Lipinski definition) is 0. The minimum atomic E-state index is 1.11. The lowest BCUT2D eigenvalue weighted by Gasteiger charge is -2.00. The van der Waals surface area contributed by atoms with E-state index in [1.54, 1.807) is 6.20 Å². The van der Waals surface area contributed by atoms with Crippen molar-refractivity contribution in [2.45, 2.75) is 0 Å². The molecule has 0 N–H and O–H groups in total. The third-order valence-corrected chi connectivity index (χ3v) is 1.87. The summed E-state index contributed by atoms with van der Waals surface area (Å²) in [6.45, 7) is 0. The summed E-state index contributed by atoms with van der Waals surface area (Å²) in [7, 11) is 2.03. The van der Waals surface area contributed by atoms with Gasteiger partial charge in [0.25, 0.3) is 0 Å². The van der Waals surface area contributed by atoms with Crippen molar-refractivity contribution >= 4 is 13.3 Å². The first-order chi connectivity index (χ1) is 6.36. The minimum absolute atomic E-state index is 1.11. The Balaban J connectivity index is 2.48. The van der Waals surface area contributed by atoms with Crippen LogP contribution in [0.3, 0.4) is 0 Å². The fourth-order valence-corrected chi connectivity index (χ4v) is 1.25. The normalized spacial score (nSPS) is 9.85. The molecule has 13 heavy (non-hydrogen) atoms. The van der Waals surface area contributed by atoms with Crippen LogP contribution in [0.4, 0.5) is 0 Å². The Labute approximate surface area is 78.1 Å². The van der Waals surface area contributed by atoms with Crippen LogP contribution in [0.1, 0.15) is 0 Å². The smallest absolute Gasteiger partial charge is 0.141 e. The van der Waals surface area contributed by atoms with E-state index in [4.69, 9.17) is 0 Å². The molecule has 2 rings (SSSR count). The fourth-order valence-electron chi connectivity index (χ4n) is 1.25. The second-order valence-corrected chi connectivity index (χ2v) is 2.99. The summed E-state index contributed by atoms with van der Waals surface area (Å²) in [6, 6.07) is 6.06. The van der Waals surface area contributed by atoms with Crippen molar-refractivity contribution in [3.05, 3.63) is 43.0 Å². The number of pyridine rings is 2. The molecule has 0 saturated carbocycles. The third-order valence-electron chi connectivity index (χ3n) is 1.87. The Morgan fingerprint density at radius 1 is 1.00 bits per heavy atom. The van der Waals surface area contributed by atoms with Gasteiger partial charge in [0.15, 0.2) is 0 Å². The SMILES string of the molecule is Bc1cncc(-c2cccnc2)c1. The predicted octanol–water partition coefficient (Wildman–Crippen LogP) is 0.402. The maximum atomic E-state index is 4.13. The molecule has 0 saturated heterocycles. The summed E-state index contributed by atoms with van der Waals surface area (Å²) in [6.07, 6.45) is 7.31. The molecule has 0 aliphatic rings. The first-order valence-corrected chi connectivity index (χ1v) is 4.18. The molecule has 62 valence electrons. The van der Waals surface area contributed by atoms with Crippen molar-refractivity contribution in [3.63, 3.8) is 0 Å². The molecule has 2 nitrogen and oxygen atoms in total. The van der Waals surface area contributed by atoms with E-state index in [0.717, 1.165) is 11.1 Å². The molecule has 0 amide bonds. The van der Waals surface area contributed by atoms with Gasteiger partial charge in [-0.05, 0) is 6.07 Å². The van der Waals surface area contributed by atoms with E-state index < -0.39 is 0 Å². The van der Waals surface area contributed by atoms with Gasteiger partial charge in [-0.25, -0.2) is 0 Å². The average Bonchev–Trinajstić information content (AvgIpc) is 2.19. The first-order valence-electron chi connectivity index (χ1n) is 4.18. The van der Waals surface area contributed by atoms with Crippen molar-refractivity contribution in [2.24, 2.45) is 0 Å². The van der Waals surface area contributed by atoms with E-state index in [2.05, 4.69) is 16.0 Å². The van der Waals surface area contributed by atoms with Gasteiger partial charge in [-0.1, -0.05) is 17.6 Å². The van der Waals surface area contributed by atoms with Gasteiger partial charge in [-0.2, -0.15) is 0 Å². The first kappa shape index (κ1) is 7.99. The van der Waals surface area contributed by atoms with Crippen LogP contribution in [-0.2, 0) is 0 Å². The molecule has 0 spiro atoms. The second kappa shape index (κ2) is 3.39. The summed E-state index contributed by atoms with van der Waals surface area (Å²) in [5.41, 5.74) is 3.40. The topological polar surface area (TPSA) is 25.8 Å². The second-order valence-electron chi connectivity index (χ2n) is 2.99. The van der Waals surface area contributed by atoms with Crippen molar-refractivity contribution in [3.8, 4) is 11.1 Å². The van der Waals surface area contributed by atoms with Gasteiger partial charge in [0, 0.05) is 35.9 Å². The molecular formula is C10H9BN2. The van der Waals surface area contributed by atoms with Crippen LogP contribution in [-0.4, -0.2) is 17.8 Å². The van der Waals surface area contributed by atoms with Gasteiger partial charge < -0.3 is 0 Å². The lowest BCUT2D eigenvalue weighted by atomic mass is 9.96. The fraction of sp³-hybridized carbons (Fsp3) is 0. The molecule has 0 atom stereocenters. The molecule has 2 aromatic heterocycles. The van der Waals surface area contributed by atoms with Crippen molar-refractivity contribution < 1.29 is 0 Å². The van der Waals surface area contributed by atoms with Gasteiger partial charge >= 0.3 is 0 Å². The molecular weight excluding hydrogens is 159 g/mol. The Morgan fingerprint density at radius 2 is 1.85 bits per heavy atom. The Bertz CT molecular complexity index is 401. The van der Waals surface area contributed by atoms with Gasteiger partial charge in [-0.15, -0.1) is 0 Å². The lowest BCUT2D eigenvalue weighted by molar-refractivity contribution is 1.31. The van der Waals surface area contributed by atoms with E-state index in [1.807, 2.05) is 38.6 Å². The van der Waals surface area contributed by atoms with E-state index in [1.165, 1.54) is 5.46 Å². The molecule has 2 aromatic rings. The molecule has 0 aliphatic heterocycles. The molecule has 3 heteroatoms. The number of hydrogen-bond acceptors (Lipinski definition) is 2. The van der Waals surface area contributed by atoms with Crippen molar-refractivity contribution in [1.29, 1.82) is 0 Å². The van der Waals surface area contributed by atoms with Crippen molar-refractivity contribution in [2.75, 3.05) is 0 Å². The maximum Gasteiger partial charge on any atom is 0.141 e. The standard InChI is InChI=1S/C10H9BN2/c11-10-4-9(6-13-7-10)8-2-1-3-12-5-8/h1-7H,11H2. The predicted molar refractivity (Wildman–Crippen MR) is 55.6 cm³/mol. The highest BCUT2D eigenvalue weighted by Gasteiger charge is 1.96. The number of aromatic nitrogens is 2.